The largest absolute Gasteiger partial charge is 0.505 e. The molecule has 0 saturated heterocycles. The Balaban J connectivity index is 2.71. The lowest BCUT2D eigenvalue weighted by atomic mass is 9.91. The van der Waals surface area contributed by atoms with Crippen molar-refractivity contribution in [1.82, 2.24) is 0 Å². The third-order valence-corrected chi connectivity index (χ3v) is 3.28. The van der Waals surface area contributed by atoms with Gasteiger partial charge in [0, 0.05) is 11.3 Å². The van der Waals surface area contributed by atoms with Crippen LogP contribution in [0.4, 0.5) is 5.69 Å². The van der Waals surface area contributed by atoms with Gasteiger partial charge >= 0.3 is 0 Å². The second kappa shape index (κ2) is 3.57. The highest BCUT2D eigenvalue weighted by atomic mass is 35.5. The highest BCUT2D eigenvalue weighted by molar-refractivity contribution is 6.39. The van der Waals surface area contributed by atoms with Crippen molar-refractivity contribution in [1.29, 1.82) is 0 Å². The van der Waals surface area contributed by atoms with Crippen molar-refractivity contribution in [2.45, 2.75) is 26.3 Å². The van der Waals surface area contributed by atoms with Crippen LogP contribution in [0.2, 0.25) is 10.0 Å². The Bertz CT molecular complexity index is 492. The smallest absolute Gasteiger partial charge is 0.153 e. The first-order chi connectivity index (χ1) is 7.32. The minimum Gasteiger partial charge on any atom is -0.505 e. The average molecular weight is 258 g/mol. The predicted molar refractivity (Wildman–Crippen MR) is 69.5 cm³/mol. The summed E-state index contributed by atoms with van der Waals surface area (Å²) in [6.07, 6.45) is 2.08. The Hall–Kier alpha value is -0.860. The van der Waals surface area contributed by atoms with Gasteiger partial charge in [0.2, 0.25) is 0 Å². The van der Waals surface area contributed by atoms with Gasteiger partial charge in [0.1, 0.15) is 0 Å². The van der Waals surface area contributed by atoms with E-state index in [1.165, 1.54) is 0 Å². The monoisotopic (exact) mass is 257 g/mol. The predicted octanol–water partition coefficient (Wildman–Crippen LogP) is 4.31. The highest BCUT2D eigenvalue weighted by Crippen LogP contribution is 2.45. The fourth-order valence-electron chi connectivity index (χ4n) is 2.09. The number of aromatic hydroxyl groups is 1. The number of halogens is 2. The molecule has 1 aliphatic rings. The summed E-state index contributed by atoms with van der Waals surface area (Å²) >= 11 is 12.0. The van der Waals surface area contributed by atoms with Gasteiger partial charge < -0.3 is 10.4 Å². The molecule has 0 aliphatic carbocycles. The molecule has 0 amide bonds. The van der Waals surface area contributed by atoms with Crippen LogP contribution >= 0.6 is 23.2 Å². The van der Waals surface area contributed by atoms with E-state index >= 15 is 0 Å². The fourth-order valence-corrected chi connectivity index (χ4v) is 2.69. The molecule has 86 valence electrons. The van der Waals surface area contributed by atoms with Gasteiger partial charge in [-0.05, 0) is 32.4 Å². The van der Waals surface area contributed by atoms with Crippen LogP contribution in [0.3, 0.4) is 0 Å². The maximum absolute atomic E-state index is 9.69. The van der Waals surface area contributed by atoms with Crippen molar-refractivity contribution in [3.05, 3.63) is 27.8 Å². The topological polar surface area (TPSA) is 32.3 Å². The maximum atomic E-state index is 9.69. The Labute approximate surface area is 105 Å². The van der Waals surface area contributed by atoms with E-state index in [2.05, 4.69) is 25.2 Å². The van der Waals surface area contributed by atoms with E-state index in [9.17, 15) is 5.11 Å². The van der Waals surface area contributed by atoms with E-state index in [-0.39, 0.29) is 16.3 Å². The number of allylic oxidation sites excluding steroid dienone is 1. The molecular weight excluding hydrogens is 245 g/mol. The summed E-state index contributed by atoms with van der Waals surface area (Å²) < 4.78 is 0. The number of hydrogen-bond donors (Lipinski definition) is 2. The average Bonchev–Trinajstić information content (AvgIpc) is 2.11. The molecule has 0 unspecified atom stereocenters. The molecule has 0 spiro atoms. The van der Waals surface area contributed by atoms with E-state index in [0.29, 0.717) is 5.02 Å². The molecule has 0 bridgehead atoms. The number of benzene rings is 1. The number of hydrogen-bond acceptors (Lipinski definition) is 2. The zero-order valence-electron chi connectivity index (χ0n) is 9.36. The van der Waals surface area contributed by atoms with Crippen LogP contribution in [0.5, 0.6) is 5.75 Å². The van der Waals surface area contributed by atoms with Crippen molar-refractivity contribution in [2.75, 3.05) is 5.32 Å². The van der Waals surface area contributed by atoms with Gasteiger partial charge in [-0.25, -0.2) is 0 Å². The molecular formula is C12H13Cl2NO. The molecule has 16 heavy (non-hydrogen) atoms. The number of anilines is 1. The van der Waals surface area contributed by atoms with Gasteiger partial charge in [-0.1, -0.05) is 29.3 Å². The van der Waals surface area contributed by atoms with Gasteiger partial charge in [-0.2, -0.15) is 0 Å². The second-order valence-corrected chi connectivity index (χ2v) is 5.40. The molecule has 0 aromatic heterocycles. The van der Waals surface area contributed by atoms with Crippen molar-refractivity contribution in [3.63, 3.8) is 0 Å². The summed E-state index contributed by atoms with van der Waals surface area (Å²) in [6, 6.07) is 1.70. The lowest BCUT2D eigenvalue weighted by Gasteiger charge is -2.32. The van der Waals surface area contributed by atoms with Crippen LogP contribution < -0.4 is 5.32 Å². The van der Waals surface area contributed by atoms with Crippen LogP contribution in [-0.2, 0) is 0 Å². The van der Waals surface area contributed by atoms with Gasteiger partial charge in [0.05, 0.1) is 15.6 Å². The Morgan fingerprint density at radius 2 is 1.94 bits per heavy atom. The molecule has 0 radical (unpaired) electrons. The van der Waals surface area contributed by atoms with Crippen LogP contribution in [0.15, 0.2) is 12.1 Å². The van der Waals surface area contributed by atoms with Crippen molar-refractivity contribution >= 4 is 34.5 Å². The van der Waals surface area contributed by atoms with Crippen molar-refractivity contribution < 1.29 is 5.11 Å². The van der Waals surface area contributed by atoms with Crippen molar-refractivity contribution in [3.8, 4) is 5.75 Å². The molecule has 1 aromatic rings. The number of nitrogens with one attached hydrogen (secondary N) is 1. The standard InChI is InChI=1S/C12H13Cl2NO/c1-6-5-12(2,3)15-8-4-7(13)11(16)10(14)9(6)8/h4-5,15-16H,1-3H3. The third-order valence-electron chi connectivity index (χ3n) is 2.62. The van der Waals surface area contributed by atoms with Gasteiger partial charge in [0.15, 0.2) is 5.75 Å². The number of phenols is 1. The molecule has 2 N–H and O–H groups in total. The van der Waals surface area contributed by atoms with E-state index in [0.717, 1.165) is 16.8 Å². The summed E-state index contributed by atoms with van der Waals surface area (Å²) in [5, 5.41) is 13.6. The first-order valence-electron chi connectivity index (χ1n) is 5.01. The lowest BCUT2D eigenvalue weighted by molar-refractivity contribution is 0.475. The maximum Gasteiger partial charge on any atom is 0.153 e. The third kappa shape index (κ3) is 1.76. The summed E-state index contributed by atoms with van der Waals surface area (Å²) in [5.41, 5.74) is 2.58. The highest BCUT2D eigenvalue weighted by Gasteiger charge is 2.26. The van der Waals surface area contributed by atoms with E-state index in [1.54, 1.807) is 6.07 Å². The first-order valence-corrected chi connectivity index (χ1v) is 5.76. The lowest BCUT2D eigenvalue weighted by Crippen LogP contribution is -2.31. The molecule has 4 heteroatoms. The Kier molecular flexibility index (Phi) is 2.59. The molecule has 2 nitrogen and oxygen atoms in total. The quantitative estimate of drug-likeness (QED) is 0.680. The minimum absolute atomic E-state index is 0.0589. The van der Waals surface area contributed by atoms with Crippen LogP contribution in [-0.4, -0.2) is 10.6 Å². The molecule has 0 saturated carbocycles. The molecule has 1 aliphatic heterocycles. The van der Waals surface area contributed by atoms with Crippen LogP contribution in [0, 0.1) is 0 Å². The summed E-state index contributed by atoms with van der Waals surface area (Å²) in [5.74, 6) is -0.0589. The minimum atomic E-state index is -0.138. The van der Waals surface area contributed by atoms with Crippen LogP contribution in [0.25, 0.3) is 5.57 Å². The number of phenolic OH excluding ortho intramolecular Hbond substituents is 1. The van der Waals surface area contributed by atoms with E-state index < -0.39 is 0 Å². The summed E-state index contributed by atoms with van der Waals surface area (Å²) in [6.45, 7) is 6.10. The number of fused-ring (bicyclic) bond motifs is 1. The first kappa shape index (κ1) is 11.6. The Morgan fingerprint density at radius 1 is 1.31 bits per heavy atom. The SMILES string of the molecule is CC1=CC(C)(C)Nc2cc(Cl)c(O)c(Cl)c21. The zero-order chi connectivity index (χ0) is 12.1. The molecule has 0 atom stereocenters. The molecule has 1 aromatic carbocycles. The van der Waals surface area contributed by atoms with Crippen molar-refractivity contribution in [2.24, 2.45) is 0 Å². The number of rotatable bonds is 0. The van der Waals surface area contributed by atoms with Crippen LogP contribution in [0.1, 0.15) is 26.3 Å². The normalized spacial score (nSPS) is 17.4. The zero-order valence-corrected chi connectivity index (χ0v) is 10.9. The summed E-state index contributed by atoms with van der Waals surface area (Å²) in [7, 11) is 0. The van der Waals surface area contributed by atoms with Gasteiger partial charge in [-0.15, -0.1) is 0 Å². The van der Waals surface area contributed by atoms with E-state index in [1.807, 2.05) is 6.92 Å². The van der Waals surface area contributed by atoms with E-state index in [4.69, 9.17) is 23.2 Å². The second-order valence-electron chi connectivity index (χ2n) is 4.62. The summed E-state index contributed by atoms with van der Waals surface area (Å²) in [4.78, 5) is 0. The van der Waals surface area contributed by atoms with Gasteiger partial charge in [0.25, 0.3) is 0 Å². The Morgan fingerprint density at radius 3 is 2.56 bits per heavy atom. The molecule has 0 fully saturated rings. The molecule has 2 rings (SSSR count). The van der Waals surface area contributed by atoms with Gasteiger partial charge in [-0.3, -0.25) is 0 Å². The molecule has 1 heterocycles. The fraction of sp³-hybridized carbons (Fsp3) is 0.333.